The maximum Gasteiger partial charge on any atom is 0.372 e. The number of hydrogen-bond donors (Lipinski definition) is 1. The van der Waals surface area contributed by atoms with Crippen molar-refractivity contribution in [3.05, 3.63) is 16.4 Å². The molecule has 0 bridgehead atoms. The van der Waals surface area contributed by atoms with Crippen molar-refractivity contribution in [3.8, 4) is 5.88 Å². The normalized spacial score (nSPS) is 18.6. The van der Waals surface area contributed by atoms with Crippen LogP contribution in [0.25, 0.3) is 0 Å². The van der Waals surface area contributed by atoms with Gasteiger partial charge in [-0.3, -0.25) is 10.1 Å². The summed E-state index contributed by atoms with van der Waals surface area (Å²) < 4.78 is 4.96. The molecule has 1 aliphatic heterocycles. The van der Waals surface area contributed by atoms with Crippen LogP contribution < -0.4 is 15.0 Å². The van der Waals surface area contributed by atoms with Gasteiger partial charge in [0.25, 0.3) is 5.88 Å². The molecule has 2 rings (SSSR count). The standard InChI is InChI=1S/C12H19N5O3/c1-16(7-9-4-3-5-13-6-9)11-10(17(18)19)12(20-2)15-8-14-11/h8-9,13H,3-7H2,1-2H3. The molecular formula is C12H19N5O3. The summed E-state index contributed by atoms with van der Waals surface area (Å²) in [7, 11) is 3.17. The topological polar surface area (TPSA) is 93.4 Å². The fourth-order valence-corrected chi connectivity index (χ4v) is 2.50. The van der Waals surface area contributed by atoms with Gasteiger partial charge in [-0.15, -0.1) is 0 Å². The van der Waals surface area contributed by atoms with Gasteiger partial charge in [-0.2, -0.15) is 4.98 Å². The molecule has 0 radical (unpaired) electrons. The summed E-state index contributed by atoms with van der Waals surface area (Å²) in [5.74, 6) is 0.760. The van der Waals surface area contributed by atoms with Crippen LogP contribution >= 0.6 is 0 Å². The summed E-state index contributed by atoms with van der Waals surface area (Å²) >= 11 is 0. The molecule has 110 valence electrons. The van der Waals surface area contributed by atoms with Crippen molar-refractivity contribution < 1.29 is 9.66 Å². The van der Waals surface area contributed by atoms with Crippen molar-refractivity contribution in [2.24, 2.45) is 5.92 Å². The van der Waals surface area contributed by atoms with E-state index in [1.807, 2.05) is 7.05 Å². The van der Waals surface area contributed by atoms with Gasteiger partial charge in [-0.25, -0.2) is 4.98 Å². The van der Waals surface area contributed by atoms with Crippen molar-refractivity contribution in [2.45, 2.75) is 12.8 Å². The fraction of sp³-hybridized carbons (Fsp3) is 0.667. The quantitative estimate of drug-likeness (QED) is 0.631. The van der Waals surface area contributed by atoms with Crippen molar-refractivity contribution in [2.75, 3.05) is 38.7 Å². The van der Waals surface area contributed by atoms with Gasteiger partial charge >= 0.3 is 5.69 Å². The first-order chi connectivity index (χ1) is 9.63. The number of piperidine rings is 1. The highest BCUT2D eigenvalue weighted by Gasteiger charge is 2.27. The zero-order valence-electron chi connectivity index (χ0n) is 11.7. The minimum absolute atomic E-state index is 0.00591. The zero-order valence-corrected chi connectivity index (χ0v) is 11.7. The van der Waals surface area contributed by atoms with E-state index in [1.165, 1.54) is 13.4 Å². The first-order valence-electron chi connectivity index (χ1n) is 6.58. The second-order valence-corrected chi connectivity index (χ2v) is 4.91. The van der Waals surface area contributed by atoms with E-state index in [-0.39, 0.29) is 11.6 Å². The molecule has 1 atom stereocenters. The van der Waals surface area contributed by atoms with Crippen LogP contribution in [0.2, 0.25) is 0 Å². The third-order valence-corrected chi connectivity index (χ3v) is 3.44. The molecule has 0 aromatic carbocycles. The monoisotopic (exact) mass is 281 g/mol. The van der Waals surface area contributed by atoms with Crippen LogP contribution in [0.4, 0.5) is 11.5 Å². The van der Waals surface area contributed by atoms with Gasteiger partial charge in [-0.05, 0) is 31.8 Å². The second kappa shape index (κ2) is 6.47. The number of methoxy groups -OCH3 is 1. The lowest BCUT2D eigenvalue weighted by atomic mass is 9.99. The highest BCUT2D eigenvalue weighted by atomic mass is 16.6. The summed E-state index contributed by atoms with van der Waals surface area (Å²) in [6, 6.07) is 0. The zero-order chi connectivity index (χ0) is 14.5. The van der Waals surface area contributed by atoms with Crippen LogP contribution in [0.15, 0.2) is 6.33 Å². The summed E-state index contributed by atoms with van der Waals surface area (Å²) in [5, 5.41) is 14.5. The predicted octanol–water partition coefficient (Wildman–Crippen LogP) is 0.829. The van der Waals surface area contributed by atoms with Crippen LogP contribution in [0, 0.1) is 16.0 Å². The lowest BCUT2D eigenvalue weighted by Crippen LogP contribution is -2.37. The van der Waals surface area contributed by atoms with Crippen molar-refractivity contribution in [1.82, 2.24) is 15.3 Å². The number of nitrogens with zero attached hydrogens (tertiary/aromatic N) is 4. The molecule has 1 aliphatic rings. The van der Waals surface area contributed by atoms with E-state index >= 15 is 0 Å². The molecule has 1 fully saturated rings. The van der Waals surface area contributed by atoms with Crippen molar-refractivity contribution in [3.63, 3.8) is 0 Å². The Balaban J connectivity index is 2.19. The van der Waals surface area contributed by atoms with Crippen LogP contribution in [-0.2, 0) is 0 Å². The van der Waals surface area contributed by atoms with E-state index in [2.05, 4.69) is 15.3 Å². The Bertz CT molecular complexity index is 476. The molecule has 2 heterocycles. The van der Waals surface area contributed by atoms with Crippen molar-refractivity contribution in [1.29, 1.82) is 0 Å². The molecular weight excluding hydrogens is 262 g/mol. The number of nitrogens with one attached hydrogen (secondary N) is 1. The Labute approximate surface area is 117 Å². The molecule has 8 nitrogen and oxygen atoms in total. The number of anilines is 1. The average Bonchev–Trinajstić information content (AvgIpc) is 2.47. The van der Waals surface area contributed by atoms with Gasteiger partial charge in [0.2, 0.25) is 5.82 Å². The summed E-state index contributed by atoms with van der Waals surface area (Å²) in [6.45, 7) is 2.69. The first-order valence-corrected chi connectivity index (χ1v) is 6.58. The third kappa shape index (κ3) is 3.13. The van der Waals surface area contributed by atoms with E-state index in [9.17, 15) is 10.1 Å². The van der Waals surface area contributed by atoms with Gasteiger partial charge in [0.1, 0.15) is 6.33 Å². The van der Waals surface area contributed by atoms with E-state index in [0.717, 1.165) is 25.9 Å². The molecule has 0 spiro atoms. The average molecular weight is 281 g/mol. The van der Waals surface area contributed by atoms with E-state index in [1.54, 1.807) is 4.90 Å². The molecule has 0 saturated carbocycles. The number of nitro groups is 1. The molecule has 0 amide bonds. The van der Waals surface area contributed by atoms with E-state index in [4.69, 9.17) is 4.74 Å². The third-order valence-electron chi connectivity index (χ3n) is 3.44. The minimum atomic E-state index is -0.496. The highest BCUT2D eigenvalue weighted by Crippen LogP contribution is 2.33. The molecule has 8 heteroatoms. The van der Waals surface area contributed by atoms with Gasteiger partial charge in [0.15, 0.2) is 0 Å². The van der Waals surface area contributed by atoms with E-state index < -0.39 is 4.92 Å². The van der Waals surface area contributed by atoms with Gasteiger partial charge in [0, 0.05) is 13.6 Å². The lowest BCUT2D eigenvalue weighted by molar-refractivity contribution is -0.385. The largest absolute Gasteiger partial charge is 0.476 e. The first kappa shape index (κ1) is 14.4. The number of hydrogen-bond acceptors (Lipinski definition) is 7. The SMILES string of the molecule is COc1ncnc(N(C)CC2CCCNC2)c1[N+](=O)[O-]. The molecule has 1 saturated heterocycles. The summed E-state index contributed by atoms with van der Waals surface area (Å²) in [5.41, 5.74) is -0.179. The fourth-order valence-electron chi connectivity index (χ4n) is 2.50. The van der Waals surface area contributed by atoms with E-state index in [0.29, 0.717) is 18.3 Å². The Morgan fingerprint density at radius 3 is 3.00 bits per heavy atom. The maximum absolute atomic E-state index is 11.2. The second-order valence-electron chi connectivity index (χ2n) is 4.91. The molecule has 1 aromatic heterocycles. The molecule has 20 heavy (non-hydrogen) atoms. The number of rotatable bonds is 5. The molecule has 0 aliphatic carbocycles. The van der Waals surface area contributed by atoms with Gasteiger partial charge in [-0.1, -0.05) is 0 Å². The molecule has 1 unspecified atom stereocenters. The summed E-state index contributed by atoms with van der Waals surface area (Å²) in [6.07, 6.45) is 3.54. The van der Waals surface area contributed by atoms with Crippen LogP contribution in [-0.4, -0.2) is 48.7 Å². The van der Waals surface area contributed by atoms with Crippen LogP contribution in [0.5, 0.6) is 5.88 Å². The maximum atomic E-state index is 11.2. The molecule has 1 N–H and O–H groups in total. The Morgan fingerprint density at radius 1 is 1.60 bits per heavy atom. The lowest BCUT2D eigenvalue weighted by Gasteiger charge is -2.28. The number of ether oxygens (including phenoxy) is 1. The smallest absolute Gasteiger partial charge is 0.372 e. The predicted molar refractivity (Wildman–Crippen MR) is 74.1 cm³/mol. The highest BCUT2D eigenvalue weighted by molar-refractivity contribution is 5.62. The Morgan fingerprint density at radius 2 is 2.40 bits per heavy atom. The van der Waals surface area contributed by atoms with Crippen LogP contribution in [0.1, 0.15) is 12.8 Å². The molecule has 1 aromatic rings. The van der Waals surface area contributed by atoms with Gasteiger partial charge in [0.05, 0.1) is 12.0 Å². The number of aromatic nitrogens is 2. The van der Waals surface area contributed by atoms with Crippen LogP contribution in [0.3, 0.4) is 0 Å². The Kier molecular flexibility index (Phi) is 4.67. The summed E-state index contributed by atoms with van der Waals surface area (Å²) in [4.78, 5) is 20.4. The van der Waals surface area contributed by atoms with Gasteiger partial charge < -0.3 is 15.0 Å². The Hall–Kier alpha value is -1.96. The van der Waals surface area contributed by atoms with Crippen molar-refractivity contribution >= 4 is 11.5 Å². The minimum Gasteiger partial charge on any atom is -0.476 e.